The third-order valence-electron chi connectivity index (χ3n) is 4.65. The summed E-state index contributed by atoms with van der Waals surface area (Å²) in [6.45, 7) is 7.68. The van der Waals surface area contributed by atoms with Gasteiger partial charge < -0.3 is 14.4 Å². The van der Waals surface area contributed by atoms with E-state index in [0.29, 0.717) is 18.1 Å². The second kappa shape index (κ2) is 7.91. The minimum atomic E-state index is -0.442. The van der Waals surface area contributed by atoms with Gasteiger partial charge in [0.2, 0.25) is 0 Å². The highest BCUT2D eigenvalue weighted by molar-refractivity contribution is 7.99. The van der Waals surface area contributed by atoms with Crippen LogP contribution in [-0.4, -0.2) is 48.0 Å². The Balaban J connectivity index is 1.47. The van der Waals surface area contributed by atoms with Crippen molar-refractivity contribution in [1.29, 1.82) is 0 Å². The van der Waals surface area contributed by atoms with Gasteiger partial charge in [0.05, 0.1) is 12.2 Å². The molecule has 2 aliphatic heterocycles. The Morgan fingerprint density at radius 2 is 2.04 bits per heavy atom. The van der Waals surface area contributed by atoms with Crippen LogP contribution in [0, 0.1) is 5.92 Å². The van der Waals surface area contributed by atoms with Gasteiger partial charge in [0.25, 0.3) is 0 Å². The predicted octanol–water partition coefficient (Wildman–Crippen LogP) is 4.14. The smallest absolute Gasteiger partial charge is 0.410 e. The average molecular weight is 378 g/mol. The average Bonchev–Trinajstić information content (AvgIpc) is 2.59. The highest BCUT2D eigenvalue weighted by atomic mass is 32.2. The molecule has 0 aliphatic carbocycles. The molecule has 142 valence electrons. The molecule has 0 N–H and O–H groups in total. The molecule has 0 atom stereocenters. The number of benzene rings is 1. The normalized spacial score (nSPS) is 18.3. The van der Waals surface area contributed by atoms with Gasteiger partial charge in [-0.2, -0.15) is 0 Å². The largest absolute Gasteiger partial charge is 0.462 e. The first-order valence-electron chi connectivity index (χ1n) is 9.22. The number of cyclic esters (lactones) is 1. The van der Waals surface area contributed by atoms with Crippen LogP contribution in [0.1, 0.15) is 49.5 Å². The fourth-order valence-electron chi connectivity index (χ4n) is 3.22. The summed E-state index contributed by atoms with van der Waals surface area (Å²) >= 11 is 1.83. The molecule has 3 rings (SSSR count). The summed E-state index contributed by atoms with van der Waals surface area (Å²) in [7, 11) is 0. The lowest BCUT2D eigenvalue weighted by Crippen LogP contribution is -2.42. The quantitative estimate of drug-likeness (QED) is 0.585. The fraction of sp³-hybridized carbons (Fsp3) is 0.600. The number of nitrogens with zero attached hydrogens (tertiary/aromatic N) is 1. The highest BCUT2D eigenvalue weighted by Gasteiger charge is 2.27. The lowest BCUT2D eigenvalue weighted by molar-refractivity contribution is 0.0191. The molecular weight excluding hydrogens is 350 g/mol. The number of fused-ring (bicyclic) bond motifs is 1. The SMILES string of the molecule is CC(C)(C)OC(=O)N1CCC(CSc2ccc3c(c2)CCOC3=O)CC1. The lowest BCUT2D eigenvalue weighted by atomic mass is 9.99. The Kier molecular flexibility index (Phi) is 5.80. The molecule has 0 unspecified atom stereocenters. The first-order valence-corrected chi connectivity index (χ1v) is 10.2. The molecule has 0 aromatic heterocycles. The van der Waals surface area contributed by atoms with E-state index in [1.807, 2.05) is 49.6 Å². The van der Waals surface area contributed by atoms with Gasteiger partial charge in [0, 0.05) is 30.2 Å². The van der Waals surface area contributed by atoms with E-state index < -0.39 is 5.60 Å². The molecule has 0 spiro atoms. The number of carbonyl (C=O) groups is 2. The van der Waals surface area contributed by atoms with E-state index in [1.54, 1.807) is 0 Å². The van der Waals surface area contributed by atoms with Gasteiger partial charge in [0.15, 0.2) is 0 Å². The zero-order chi connectivity index (χ0) is 18.7. The predicted molar refractivity (Wildman–Crippen MR) is 102 cm³/mol. The van der Waals surface area contributed by atoms with Gasteiger partial charge in [-0.3, -0.25) is 0 Å². The van der Waals surface area contributed by atoms with Crippen LogP contribution in [0.3, 0.4) is 0 Å². The number of ether oxygens (including phenoxy) is 2. The minimum Gasteiger partial charge on any atom is -0.462 e. The molecule has 1 aromatic carbocycles. The fourth-order valence-corrected chi connectivity index (χ4v) is 4.37. The number of piperidine rings is 1. The van der Waals surface area contributed by atoms with Crippen molar-refractivity contribution in [2.24, 2.45) is 5.92 Å². The van der Waals surface area contributed by atoms with Crippen molar-refractivity contribution in [3.05, 3.63) is 29.3 Å². The molecular formula is C20H27NO4S. The number of carbonyl (C=O) groups excluding carboxylic acids is 2. The van der Waals surface area contributed by atoms with E-state index in [-0.39, 0.29) is 12.1 Å². The van der Waals surface area contributed by atoms with Crippen LogP contribution in [0.4, 0.5) is 4.79 Å². The zero-order valence-electron chi connectivity index (χ0n) is 15.7. The Bertz CT molecular complexity index is 675. The van der Waals surface area contributed by atoms with Crippen molar-refractivity contribution >= 4 is 23.8 Å². The van der Waals surface area contributed by atoms with Gasteiger partial charge >= 0.3 is 12.1 Å². The maximum Gasteiger partial charge on any atom is 0.410 e. The summed E-state index contributed by atoms with van der Waals surface area (Å²) in [5, 5.41) is 0. The molecule has 26 heavy (non-hydrogen) atoms. The molecule has 0 saturated carbocycles. The molecule has 2 heterocycles. The Labute approximate surface area is 159 Å². The second-order valence-corrected chi connectivity index (χ2v) is 9.02. The second-order valence-electron chi connectivity index (χ2n) is 7.93. The zero-order valence-corrected chi connectivity index (χ0v) is 16.6. The van der Waals surface area contributed by atoms with Crippen molar-refractivity contribution in [2.75, 3.05) is 25.4 Å². The topological polar surface area (TPSA) is 55.8 Å². The number of thioether (sulfide) groups is 1. The molecule has 2 aliphatic rings. The Hall–Kier alpha value is -1.69. The molecule has 1 aromatic rings. The van der Waals surface area contributed by atoms with Crippen LogP contribution in [-0.2, 0) is 15.9 Å². The summed E-state index contributed by atoms with van der Waals surface area (Å²) in [6, 6.07) is 6.01. The number of rotatable bonds is 3. The molecule has 6 heteroatoms. The van der Waals surface area contributed by atoms with Gasteiger partial charge in [-0.05, 0) is 63.3 Å². The van der Waals surface area contributed by atoms with E-state index in [1.165, 1.54) is 4.90 Å². The monoisotopic (exact) mass is 377 g/mol. The van der Waals surface area contributed by atoms with Gasteiger partial charge in [-0.25, -0.2) is 9.59 Å². The molecule has 0 bridgehead atoms. The summed E-state index contributed by atoms with van der Waals surface area (Å²) in [5.41, 5.74) is 1.35. The standard InChI is InChI=1S/C20H27NO4S/c1-20(2,3)25-19(23)21-9-6-14(7-10-21)13-26-16-4-5-17-15(12-16)8-11-24-18(17)22/h4-5,12,14H,6-11,13H2,1-3H3. The van der Waals surface area contributed by atoms with Crippen LogP contribution >= 0.6 is 11.8 Å². The molecule has 1 fully saturated rings. The van der Waals surface area contributed by atoms with Crippen LogP contribution < -0.4 is 0 Å². The molecule has 5 nitrogen and oxygen atoms in total. The van der Waals surface area contributed by atoms with Gasteiger partial charge in [-0.1, -0.05) is 0 Å². The maximum atomic E-state index is 12.1. The first-order chi connectivity index (χ1) is 12.3. The first kappa shape index (κ1) is 19.1. The van der Waals surface area contributed by atoms with Crippen molar-refractivity contribution in [2.45, 2.75) is 50.5 Å². The summed E-state index contributed by atoms with van der Waals surface area (Å²) in [5.74, 6) is 1.42. The number of esters is 1. The Morgan fingerprint density at radius 3 is 2.73 bits per heavy atom. The minimum absolute atomic E-state index is 0.204. The van der Waals surface area contributed by atoms with E-state index in [0.717, 1.165) is 43.7 Å². The number of likely N-dealkylation sites (tertiary alicyclic amines) is 1. The third-order valence-corrected chi connectivity index (χ3v) is 5.88. The molecule has 0 radical (unpaired) electrons. The molecule has 1 amide bonds. The van der Waals surface area contributed by atoms with Gasteiger partial charge in [0.1, 0.15) is 5.60 Å². The highest BCUT2D eigenvalue weighted by Crippen LogP contribution is 2.29. The lowest BCUT2D eigenvalue weighted by Gasteiger charge is -2.33. The summed E-state index contributed by atoms with van der Waals surface area (Å²) < 4.78 is 10.5. The van der Waals surface area contributed by atoms with Crippen molar-refractivity contribution in [3.63, 3.8) is 0 Å². The number of hydrogen-bond donors (Lipinski definition) is 0. The van der Waals surface area contributed by atoms with E-state index in [4.69, 9.17) is 9.47 Å². The Morgan fingerprint density at radius 1 is 1.31 bits per heavy atom. The van der Waals surface area contributed by atoms with E-state index in [2.05, 4.69) is 6.07 Å². The van der Waals surface area contributed by atoms with Crippen molar-refractivity contribution < 1.29 is 19.1 Å². The summed E-state index contributed by atoms with van der Waals surface area (Å²) in [6.07, 6.45) is 2.60. The van der Waals surface area contributed by atoms with Crippen LogP contribution in [0.2, 0.25) is 0 Å². The third kappa shape index (κ3) is 4.93. The van der Waals surface area contributed by atoms with E-state index in [9.17, 15) is 9.59 Å². The van der Waals surface area contributed by atoms with E-state index >= 15 is 0 Å². The summed E-state index contributed by atoms with van der Waals surface area (Å²) in [4.78, 5) is 26.8. The van der Waals surface area contributed by atoms with Crippen LogP contribution in [0.5, 0.6) is 0 Å². The van der Waals surface area contributed by atoms with Crippen LogP contribution in [0.25, 0.3) is 0 Å². The number of hydrogen-bond acceptors (Lipinski definition) is 5. The van der Waals surface area contributed by atoms with Crippen molar-refractivity contribution in [1.82, 2.24) is 4.90 Å². The van der Waals surface area contributed by atoms with Crippen LogP contribution in [0.15, 0.2) is 23.1 Å². The number of amides is 1. The maximum absolute atomic E-state index is 12.1. The molecule has 1 saturated heterocycles. The van der Waals surface area contributed by atoms with Gasteiger partial charge in [-0.15, -0.1) is 11.8 Å². The van der Waals surface area contributed by atoms with Crippen molar-refractivity contribution in [3.8, 4) is 0 Å².